The maximum atomic E-state index is 12.5. The zero-order valence-corrected chi connectivity index (χ0v) is 13.3. The van der Waals surface area contributed by atoms with Gasteiger partial charge in [-0.1, -0.05) is 20.3 Å². The van der Waals surface area contributed by atoms with Crippen molar-refractivity contribution in [3.05, 3.63) is 29.3 Å². The summed E-state index contributed by atoms with van der Waals surface area (Å²) in [5.74, 6) is 0.145. The summed E-state index contributed by atoms with van der Waals surface area (Å²) in [6.07, 6.45) is 3.28. The third-order valence-electron chi connectivity index (χ3n) is 3.49. The predicted octanol–water partition coefficient (Wildman–Crippen LogP) is 4.08. The first-order valence-electron chi connectivity index (χ1n) is 7.77. The van der Waals surface area contributed by atoms with E-state index in [1.165, 1.54) is 0 Å². The second kappa shape index (κ2) is 8.62. The number of anilines is 1. The van der Waals surface area contributed by atoms with E-state index in [0.717, 1.165) is 55.7 Å². The molecule has 1 aromatic rings. The summed E-state index contributed by atoms with van der Waals surface area (Å²) < 4.78 is 0. The van der Waals surface area contributed by atoms with Crippen molar-refractivity contribution in [3.8, 4) is 0 Å². The molecule has 1 rings (SSSR count). The molecule has 0 fully saturated rings. The van der Waals surface area contributed by atoms with Crippen molar-refractivity contribution >= 4 is 11.6 Å². The Kier molecular flexibility index (Phi) is 7.13. The molecule has 0 aliphatic carbocycles. The lowest BCUT2D eigenvalue weighted by Gasteiger charge is -2.21. The molecule has 0 atom stereocenters. The van der Waals surface area contributed by atoms with Crippen LogP contribution < -0.4 is 5.32 Å². The number of hydrogen-bond donors (Lipinski definition) is 1. The molecular formula is C17H28N2O. The average molecular weight is 276 g/mol. The number of nitrogens with one attached hydrogen (secondary N) is 1. The second-order valence-corrected chi connectivity index (χ2v) is 5.19. The molecule has 0 unspecified atom stereocenters. The Morgan fingerprint density at radius 3 is 2.50 bits per heavy atom. The smallest absolute Gasteiger partial charge is 0.253 e. The molecular weight excluding hydrogens is 248 g/mol. The van der Waals surface area contributed by atoms with Gasteiger partial charge >= 0.3 is 0 Å². The zero-order valence-electron chi connectivity index (χ0n) is 13.3. The summed E-state index contributed by atoms with van der Waals surface area (Å²) in [7, 11) is 0. The van der Waals surface area contributed by atoms with Gasteiger partial charge in [0.05, 0.1) is 0 Å². The van der Waals surface area contributed by atoms with Crippen LogP contribution in [0.15, 0.2) is 18.2 Å². The highest BCUT2D eigenvalue weighted by Gasteiger charge is 2.14. The molecule has 1 N–H and O–H groups in total. The minimum absolute atomic E-state index is 0.145. The van der Waals surface area contributed by atoms with Crippen LogP contribution in [-0.2, 0) is 0 Å². The average Bonchev–Trinajstić information content (AvgIpc) is 2.46. The van der Waals surface area contributed by atoms with Crippen LogP contribution in [0, 0.1) is 6.92 Å². The van der Waals surface area contributed by atoms with Crippen LogP contribution in [0.4, 0.5) is 5.69 Å². The lowest BCUT2D eigenvalue weighted by atomic mass is 10.1. The number of rotatable bonds is 8. The van der Waals surface area contributed by atoms with E-state index in [1.54, 1.807) is 0 Å². The summed E-state index contributed by atoms with van der Waals surface area (Å²) in [6.45, 7) is 11.0. The van der Waals surface area contributed by atoms with E-state index >= 15 is 0 Å². The molecule has 0 radical (unpaired) electrons. The zero-order chi connectivity index (χ0) is 15.0. The van der Waals surface area contributed by atoms with Gasteiger partial charge in [0.15, 0.2) is 0 Å². The summed E-state index contributed by atoms with van der Waals surface area (Å²) in [4.78, 5) is 14.4. The number of hydrogen-bond acceptors (Lipinski definition) is 2. The number of carbonyl (C=O) groups is 1. The van der Waals surface area contributed by atoms with Gasteiger partial charge in [0.2, 0.25) is 0 Å². The van der Waals surface area contributed by atoms with Gasteiger partial charge in [0.1, 0.15) is 0 Å². The van der Waals surface area contributed by atoms with Crippen molar-refractivity contribution in [3.63, 3.8) is 0 Å². The van der Waals surface area contributed by atoms with Gasteiger partial charge in [0.25, 0.3) is 5.91 Å². The van der Waals surface area contributed by atoms with Crippen LogP contribution in [0.5, 0.6) is 0 Å². The van der Waals surface area contributed by atoms with Gasteiger partial charge in [-0.3, -0.25) is 4.79 Å². The molecule has 0 aromatic heterocycles. The van der Waals surface area contributed by atoms with E-state index in [9.17, 15) is 4.79 Å². The molecule has 0 heterocycles. The highest BCUT2D eigenvalue weighted by Crippen LogP contribution is 2.18. The van der Waals surface area contributed by atoms with Crippen molar-refractivity contribution in [2.45, 2.75) is 47.0 Å². The molecule has 0 saturated heterocycles. The number of nitrogens with zero attached hydrogens (tertiary/aromatic N) is 1. The van der Waals surface area contributed by atoms with E-state index in [2.05, 4.69) is 26.1 Å². The molecule has 0 saturated carbocycles. The molecule has 3 nitrogen and oxygen atoms in total. The fraction of sp³-hybridized carbons (Fsp3) is 0.588. The Hall–Kier alpha value is -1.51. The molecule has 0 spiro atoms. The fourth-order valence-corrected chi connectivity index (χ4v) is 2.19. The molecule has 1 aromatic carbocycles. The second-order valence-electron chi connectivity index (χ2n) is 5.19. The van der Waals surface area contributed by atoms with Gasteiger partial charge in [-0.15, -0.1) is 0 Å². The molecule has 0 aliphatic rings. The van der Waals surface area contributed by atoms with Crippen molar-refractivity contribution in [2.75, 3.05) is 25.0 Å². The van der Waals surface area contributed by atoms with Gasteiger partial charge in [0, 0.05) is 30.9 Å². The fourth-order valence-electron chi connectivity index (χ4n) is 2.19. The molecule has 3 heteroatoms. The van der Waals surface area contributed by atoms with Crippen LogP contribution in [0.25, 0.3) is 0 Å². The normalized spacial score (nSPS) is 10.4. The minimum atomic E-state index is 0.145. The Morgan fingerprint density at radius 1 is 1.20 bits per heavy atom. The largest absolute Gasteiger partial charge is 0.385 e. The first kappa shape index (κ1) is 16.5. The van der Waals surface area contributed by atoms with Gasteiger partial charge in [-0.25, -0.2) is 0 Å². The van der Waals surface area contributed by atoms with Crippen LogP contribution >= 0.6 is 0 Å². The Morgan fingerprint density at radius 2 is 1.95 bits per heavy atom. The van der Waals surface area contributed by atoms with Gasteiger partial charge in [-0.05, 0) is 50.5 Å². The molecule has 112 valence electrons. The molecule has 0 aliphatic heterocycles. The topological polar surface area (TPSA) is 32.3 Å². The van der Waals surface area contributed by atoms with Crippen LogP contribution in [-0.4, -0.2) is 30.4 Å². The summed E-state index contributed by atoms with van der Waals surface area (Å²) in [5, 5.41) is 3.38. The summed E-state index contributed by atoms with van der Waals surface area (Å²) in [6, 6.07) is 5.95. The highest BCUT2D eigenvalue weighted by molar-refractivity contribution is 5.94. The van der Waals surface area contributed by atoms with Crippen molar-refractivity contribution in [1.82, 2.24) is 4.90 Å². The Bertz CT molecular complexity index is 429. The van der Waals surface area contributed by atoms with Gasteiger partial charge < -0.3 is 10.2 Å². The summed E-state index contributed by atoms with van der Waals surface area (Å²) >= 11 is 0. The standard InChI is InChI=1S/C17H28N2O/c1-5-8-12-19(7-3)17(20)15-9-10-16(14(4)13-15)18-11-6-2/h9-10,13,18H,5-8,11-12H2,1-4H3. The van der Waals surface area contributed by atoms with E-state index in [1.807, 2.05) is 30.0 Å². The van der Waals surface area contributed by atoms with Crippen molar-refractivity contribution in [2.24, 2.45) is 0 Å². The highest BCUT2D eigenvalue weighted by atomic mass is 16.2. The maximum absolute atomic E-state index is 12.5. The number of unbranched alkanes of at least 4 members (excludes halogenated alkanes) is 1. The van der Waals surface area contributed by atoms with E-state index in [-0.39, 0.29) is 5.91 Å². The molecule has 1 amide bonds. The molecule has 0 bridgehead atoms. The lowest BCUT2D eigenvalue weighted by molar-refractivity contribution is 0.0762. The third kappa shape index (κ3) is 4.55. The first-order valence-corrected chi connectivity index (χ1v) is 7.77. The number of aryl methyl sites for hydroxylation is 1. The van der Waals surface area contributed by atoms with E-state index < -0.39 is 0 Å². The van der Waals surface area contributed by atoms with Crippen molar-refractivity contribution < 1.29 is 4.79 Å². The van der Waals surface area contributed by atoms with Gasteiger partial charge in [-0.2, -0.15) is 0 Å². The number of carbonyl (C=O) groups excluding carboxylic acids is 1. The summed E-state index contributed by atoms with van der Waals surface area (Å²) in [5.41, 5.74) is 3.05. The van der Waals surface area contributed by atoms with E-state index in [0.29, 0.717) is 0 Å². The number of benzene rings is 1. The van der Waals surface area contributed by atoms with Crippen molar-refractivity contribution in [1.29, 1.82) is 0 Å². The van der Waals surface area contributed by atoms with Crippen LogP contribution in [0.3, 0.4) is 0 Å². The lowest BCUT2D eigenvalue weighted by Crippen LogP contribution is -2.31. The molecule has 20 heavy (non-hydrogen) atoms. The Labute approximate surface area is 123 Å². The third-order valence-corrected chi connectivity index (χ3v) is 3.49. The van der Waals surface area contributed by atoms with E-state index in [4.69, 9.17) is 0 Å². The van der Waals surface area contributed by atoms with Crippen LogP contribution in [0.1, 0.15) is 56.0 Å². The SMILES string of the molecule is CCCCN(CC)C(=O)c1ccc(NCCC)c(C)c1. The Balaban J connectivity index is 2.79. The van der Waals surface area contributed by atoms with Crippen LogP contribution in [0.2, 0.25) is 0 Å². The first-order chi connectivity index (χ1) is 9.63. The minimum Gasteiger partial charge on any atom is -0.385 e. The quantitative estimate of drug-likeness (QED) is 0.776. The number of amides is 1. The monoisotopic (exact) mass is 276 g/mol. The predicted molar refractivity (Wildman–Crippen MR) is 86.4 cm³/mol. The maximum Gasteiger partial charge on any atom is 0.253 e.